The zero-order valence-electron chi connectivity index (χ0n) is 20.0. The van der Waals surface area contributed by atoms with E-state index in [2.05, 4.69) is 39.1 Å². The number of alkyl carbamates (subject to hydrolysis) is 1. The van der Waals surface area contributed by atoms with E-state index >= 15 is 0 Å². The summed E-state index contributed by atoms with van der Waals surface area (Å²) in [5.74, 6) is -0.239. The summed E-state index contributed by atoms with van der Waals surface area (Å²) in [5.41, 5.74) is 2.00. The van der Waals surface area contributed by atoms with Crippen molar-refractivity contribution in [2.24, 2.45) is 16.7 Å². The molecule has 1 unspecified atom stereocenters. The van der Waals surface area contributed by atoms with Gasteiger partial charge in [-0.05, 0) is 40.7 Å². The van der Waals surface area contributed by atoms with Crippen LogP contribution >= 0.6 is 0 Å². The normalized spacial score (nSPS) is 18.1. The summed E-state index contributed by atoms with van der Waals surface area (Å²) < 4.78 is 10.8. The first-order valence-electron chi connectivity index (χ1n) is 11.5. The van der Waals surface area contributed by atoms with E-state index in [1.807, 2.05) is 60.7 Å². The molecule has 0 bridgehead atoms. The van der Waals surface area contributed by atoms with Gasteiger partial charge in [-0.3, -0.25) is 0 Å². The van der Waals surface area contributed by atoms with Gasteiger partial charge in [0.05, 0.1) is 0 Å². The van der Waals surface area contributed by atoms with Crippen LogP contribution in [0.5, 0.6) is 0 Å². The van der Waals surface area contributed by atoms with Crippen LogP contribution in [-0.2, 0) is 27.5 Å². The number of carbonyl (C=O) groups is 2. The Kier molecular flexibility index (Phi) is 7.96. The van der Waals surface area contributed by atoms with Gasteiger partial charge in [0.25, 0.3) is 0 Å². The number of amides is 1. The Hall–Kier alpha value is -3.08. The van der Waals surface area contributed by atoms with E-state index in [0.29, 0.717) is 0 Å². The van der Waals surface area contributed by atoms with Crippen molar-refractivity contribution < 1.29 is 19.1 Å². The Bertz CT molecular complexity index is 934. The first-order valence-corrected chi connectivity index (χ1v) is 11.5. The minimum atomic E-state index is -0.927. The number of carbonyl (C=O) groups excluding carboxylic acids is 2. The molecule has 0 radical (unpaired) electrons. The molecule has 176 valence electrons. The summed E-state index contributed by atoms with van der Waals surface area (Å²) in [6.07, 6.45) is 5.40. The van der Waals surface area contributed by atoms with Crippen molar-refractivity contribution >= 4 is 12.1 Å². The number of hydrogen-bond acceptors (Lipinski definition) is 4. The lowest BCUT2D eigenvalue weighted by Crippen LogP contribution is -2.41. The first-order chi connectivity index (χ1) is 15.7. The average Bonchev–Trinajstić information content (AvgIpc) is 3.02. The molecule has 1 atom stereocenters. The van der Waals surface area contributed by atoms with Crippen LogP contribution in [0.4, 0.5) is 4.79 Å². The summed E-state index contributed by atoms with van der Waals surface area (Å²) in [4.78, 5) is 25.4. The van der Waals surface area contributed by atoms with Gasteiger partial charge in [0.1, 0.15) is 19.3 Å². The molecule has 1 saturated carbocycles. The van der Waals surface area contributed by atoms with Crippen LogP contribution in [-0.4, -0.2) is 18.1 Å². The third-order valence-corrected chi connectivity index (χ3v) is 6.56. The molecule has 33 heavy (non-hydrogen) atoms. The van der Waals surface area contributed by atoms with Gasteiger partial charge in [-0.15, -0.1) is 0 Å². The Morgan fingerprint density at radius 2 is 1.36 bits per heavy atom. The Balaban J connectivity index is 1.69. The molecule has 1 amide bonds. The third-order valence-electron chi connectivity index (χ3n) is 6.56. The van der Waals surface area contributed by atoms with E-state index < -0.39 is 18.1 Å². The van der Waals surface area contributed by atoms with Gasteiger partial charge in [0, 0.05) is 0 Å². The second-order valence-electron chi connectivity index (χ2n) is 10.1. The number of allylic oxidation sites excluding steroid dienone is 1. The molecular weight excluding hydrogens is 414 g/mol. The summed E-state index contributed by atoms with van der Waals surface area (Å²) in [6.45, 7) is 9.28. The van der Waals surface area contributed by atoms with Gasteiger partial charge in [0.15, 0.2) is 0 Å². The van der Waals surface area contributed by atoms with Gasteiger partial charge in [-0.2, -0.15) is 0 Å². The standard InChI is InChI=1S/C28H35NO4/c1-27(2)17-18-28(3,4)24(27)16-15-23(25(30)32-19-21-11-7-5-8-12-21)29-26(31)33-20-22-13-9-6-10-14-22/h5-16,23-24H,17-20H2,1-4H3,(H,29,31). The van der Waals surface area contributed by atoms with Crippen molar-refractivity contribution in [3.8, 4) is 0 Å². The molecule has 1 N–H and O–H groups in total. The predicted octanol–water partition coefficient (Wildman–Crippen LogP) is 6.04. The van der Waals surface area contributed by atoms with Crippen molar-refractivity contribution in [1.29, 1.82) is 0 Å². The molecule has 0 spiro atoms. The quantitative estimate of drug-likeness (QED) is 0.394. The largest absolute Gasteiger partial charge is 0.459 e. The van der Waals surface area contributed by atoms with Crippen LogP contribution in [0.15, 0.2) is 72.8 Å². The fourth-order valence-corrected chi connectivity index (χ4v) is 4.65. The molecule has 5 heteroatoms. The lowest BCUT2D eigenvalue weighted by Gasteiger charge is -2.33. The van der Waals surface area contributed by atoms with E-state index in [9.17, 15) is 9.59 Å². The van der Waals surface area contributed by atoms with Gasteiger partial charge < -0.3 is 14.8 Å². The molecule has 1 fully saturated rings. The zero-order valence-corrected chi connectivity index (χ0v) is 20.0. The molecule has 1 aliphatic rings. The van der Waals surface area contributed by atoms with Crippen molar-refractivity contribution in [2.45, 2.75) is 59.8 Å². The number of rotatable bonds is 8. The van der Waals surface area contributed by atoms with Crippen molar-refractivity contribution in [2.75, 3.05) is 0 Å². The Morgan fingerprint density at radius 3 is 1.88 bits per heavy atom. The summed E-state index contributed by atoms with van der Waals surface area (Å²) >= 11 is 0. The third kappa shape index (κ3) is 6.95. The molecular formula is C28H35NO4. The summed E-state index contributed by atoms with van der Waals surface area (Å²) in [6, 6.07) is 18.0. The maximum absolute atomic E-state index is 12.9. The van der Waals surface area contributed by atoms with Crippen LogP contribution in [0, 0.1) is 16.7 Å². The zero-order chi connectivity index (χ0) is 23.9. The van der Waals surface area contributed by atoms with E-state index in [1.54, 1.807) is 6.08 Å². The fourth-order valence-electron chi connectivity index (χ4n) is 4.65. The highest BCUT2D eigenvalue weighted by atomic mass is 16.6. The number of nitrogens with one attached hydrogen (secondary N) is 1. The number of ether oxygens (including phenoxy) is 2. The fraction of sp³-hybridized carbons (Fsp3) is 0.429. The van der Waals surface area contributed by atoms with E-state index in [0.717, 1.165) is 24.0 Å². The average molecular weight is 450 g/mol. The molecule has 0 heterocycles. The maximum atomic E-state index is 12.9. The molecule has 0 aromatic heterocycles. The minimum absolute atomic E-state index is 0.117. The minimum Gasteiger partial charge on any atom is -0.459 e. The van der Waals surface area contributed by atoms with E-state index in [-0.39, 0.29) is 30.0 Å². The second-order valence-corrected chi connectivity index (χ2v) is 10.1. The number of hydrogen-bond donors (Lipinski definition) is 1. The van der Waals surface area contributed by atoms with Crippen LogP contribution in [0.1, 0.15) is 51.7 Å². The van der Waals surface area contributed by atoms with Crippen molar-refractivity contribution in [1.82, 2.24) is 5.32 Å². The number of benzene rings is 2. The van der Waals surface area contributed by atoms with Crippen LogP contribution in [0.25, 0.3) is 0 Å². The van der Waals surface area contributed by atoms with Gasteiger partial charge in [-0.1, -0.05) is 101 Å². The van der Waals surface area contributed by atoms with Gasteiger partial charge in [0.2, 0.25) is 0 Å². The lowest BCUT2D eigenvalue weighted by atomic mass is 9.72. The highest BCUT2D eigenvalue weighted by molar-refractivity contribution is 5.83. The molecule has 0 aliphatic heterocycles. The lowest BCUT2D eigenvalue weighted by molar-refractivity contribution is -0.146. The van der Waals surface area contributed by atoms with E-state index in [1.165, 1.54) is 0 Å². The number of esters is 1. The van der Waals surface area contributed by atoms with Crippen LogP contribution in [0.3, 0.4) is 0 Å². The van der Waals surface area contributed by atoms with Gasteiger partial charge in [-0.25, -0.2) is 9.59 Å². The van der Waals surface area contributed by atoms with Crippen LogP contribution in [0.2, 0.25) is 0 Å². The highest BCUT2D eigenvalue weighted by Crippen LogP contribution is 2.54. The molecule has 2 aromatic rings. The molecule has 1 aliphatic carbocycles. The predicted molar refractivity (Wildman–Crippen MR) is 129 cm³/mol. The highest BCUT2D eigenvalue weighted by Gasteiger charge is 2.45. The van der Waals surface area contributed by atoms with Gasteiger partial charge >= 0.3 is 12.1 Å². The van der Waals surface area contributed by atoms with Crippen molar-refractivity contribution in [3.05, 3.63) is 83.9 Å². The monoisotopic (exact) mass is 449 g/mol. The first kappa shape index (κ1) is 24.6. The topological polar surface area (TPSA) is 64.6 Å². The summed E-state index contributed by atoms with van der Waals surface area (Å²) in [7, 11) is 0. The van der Waals surface area contributed by atoms with Crippen LogP contribution < -0.4 is 5.32 Å². The molecule has 0 saturated heterocycles. The second kappa shape index (κ2) is 10.7. The summed E-state index contributed by atoms with van der Waals surface area (Å²) in [5, 5.41) is 2.68. The van der Waals surface area contributed by atoms with E-state index in [4.69, 9.17) is 9.47 Å². The smallest absolute Gasteiger partial charge is 0.408 e. The molecule has 5 nitrogen and oxygen atoms in total. The SMILES string of the molecule is CC1(C)CCC(C)(C)C1C=CC(NC(=O)OCc1ccccc1)C(=O)OCc1ccccc1. The molecule has 3 rings (SSSR count). The maximum Gasteiger partial charge on any atom is 0.408 e. The van der Waals surface area contributed by atoms with Crippen molar-refractivity contribution in [3.63, 3.8) is 0 Å². The Morgan fingerprint density at radius 1 is 0.879 bits per heavy atom. The molecule has 2 aromatic carbocycles. The Labute approximate surface area is 197 Å².